The van der Waals surface area contributed by atoms with E-state index in [9.17, 15) is 4.79 Å². The van der Waals surface area contributed by atoms with E-state index in [-0.39, 0.29) is 11.9 Å². The molecule has 0 bridgehead atoms. The number of piperidine rings is 1. The predicted octanol–water partition coefficient (Wildman–Crippen LogP) is 6.09. The lowest BCUT2D eigenvalue weighted by Crippen LogP contribution is -2.47. The largest absolute Gasteiger partial charge is 0.493 e. The quantitative estimate of drug-likeness (QED) is 0.322. The molecule has 4 atom stereocenters. The number of benzene rings is 2. The van der Waals surface area contributed by atoms with Gasteiger partial charge in [0, 0.05) is 25.7 Å². The number of rotatable bonds is 8. The predicted molar refractivity (Wildman–Crippen MR) is 160 cm³/mol. The number of nitrogens with zero attached hydrogens (tertiary/aromatic N) is 2. The summed E-state index contributed by atoms with van der Waals surface area (Å²) in [7, 11) is 6.74. The van der Waals surface area contributed by atoms with E-state index in [1.807, 2.05) is 4.90 Å². The number of hydrogen-bond acceptors (Lipinski definition) is 7. The van der Waals surface area contributed by atoms with Crippen LogP contribution in [0, 0.1) is 11.8 Å². The molecule has 0 spiro atoms. The third-order valence-corrected chi connectivity index (χ3v) is 9.82. The minimum absolute atomic E-state index is 0.0595. The first-order valence-corrected chi connectivity index (χ1v) is 15.1. The third kappa shape index (κ3) is 5.00. The molecule has 1 aromatic heterocycles. The van der Waals surface area contributed by atoms with Gasteiger partial charge in [0.2, 0.25) is 0 Å². The number of carbonyl (C=O) groups excluding carboxylic acids is 1. The molecule has 4 heterocycles. The highest BCUT2D eigenvalue weighted by Crippen LogP contribution is 2.49. The molecule has 8 heteroatoms. The lowest BCUT2D eigenvalue weighted by Gasteiger charge is -2.49. The van der Waals surface area contributed by atoms with Crippen LogP contribution in [-0.2, 0) is 12.8 Å². The zero-order chi connectivity index (χ0) is 29.4. The van der Waals surface area contributed by atoms with E-state index in [1.54, 1.807) is 46.8 Å². The molecule has 0 unspecified atom stereocenters. The highest BCUT2D eigenvalue weighted by Gasteiger charge is 2.42. The summed E-state index contributed by atoms with van der Waals surface area (Å²) >= 11 is 0. The summed E-state index contributed by atoms with van der Waals surface area (Å²) in [6.07, 6.45) is 6.34. The van der Waals surface area contributed by atoms with Gasteiger partial charge in [0.25, 0.3) is 5.91 Å². The van der Waals surface area contributed by atoms with Gasteiger partial charge in [-0.25, -0.2) is 0 Å². The number of carbonyl (C=O) groups is 1. The molecule has 8 nitrogen and oxygen atoms in total. The van der Waals surface area contributed by atoms with Crippen molar-refractivity contribution in [1.82, 2.24) is 9.80 Å². The maximum Gasteiger partial charge on any atom is 0.290 e. The molecular weight excluding hydrogens is 532 g/mol. The maximum atomic E-state index is 13.8. The normalized spacial score (nSPS) is 23.4. The number of amides is 1. The van der Waals surface area contributed by atoms with Crippen LogP contribution in [-0.4, -0.2) is 63.8 Å². The van der Waals surface area contributed by atoms with Crippen LogP contribution in [0.25, 0.3) is 0 Å². The molecule has 0 radical (unpaired) electrons. The molecule has 1 fully saturated rings. The van der Waals surface area contributed by atoms with E-state index in [0.29, 0.717) is 35.9 Å². The van der Waals surface area contributed by atoms with Crippen LogP contribution in [0.15, 0.2) is 47.1 Å². The lowest BCUT2D eigenvalue weighted by molar-refractivity contribution is 0.0278. The average molecular weight is 575 g/mol. The minimum atomic E-state index is -0.0924. The molecule has 0 N–H and O–H groups in total. The standard InChI is InChI=1S/C34H42N2O6/c1-6-21-20-35-11-9-22-16-30(38-2)32(40-4)18-25(22)27(35)14-24(21)15-28-26-19-33(41-5)31(39-3)17-23(26)10-12-36(28)34(37)29-8-7-13-42-29/h7-8,13,16-19,21,24,27-28H,6,9-12,14-15,20H2,1-5H3/t21-,24+,27+,28+/m1/s1. The van der Waals surface area contributed by atoms with Gasteiger partial charge < -0.3 is 28.3 Å². The van der Waals surface area contributed by atoms with E-state index in [1.165, 1.54) is 16.7 Å². The second-order valence-electron chi connectivity index (χ2n) is 11.7. The Bertz CT molecular complexity index is 1420. The average Bonchev–Trinajstić information content (AvgIpc) is 3.58. The third-order valence-electron chi connectivity index (χ3n) is 9.82. The highest BCUT2D eigenvalue weighted by atomic mass is 16.5. The van der Waals surface area contributed by atoms with Gasteiger partial charge in [0.15, 0.2) is 28.8 Å². The summed E-state index contributed by atoms with van der Waals surface area (Å²) in [5.74, 6) is 4.27. The van der Waals surface area contributed by atoms with Crippen molar-refractivity contribution in [2.75, 3.05) is 48.1 Å². The Kier molecular flexibility index (Phi) is 8.08. The Morgan fingerprint density at radius 1 is 0.857 bits per heavy atom. The Morgan fingerprint density at radius 3 is 2.10 bits per heavy atom. The first kappa shape index (κ1) is 28.5. The summed E-state index contributed by atoms with van der Waals surface area (Å²) in [5, 5.41) is 0. The van der Waals surface area contributed by atoms with Crippen molar-refractivity contribution in [1.29, 1.82) is 0 Å². The zero-order valence-electron chi connectivity index (χ0n) is 25.4. The Hall–Kier alpha value is -3.65. The highest BCUT2D eigenvalue weighted by molar-refractivity contribution is 5.92. The Balaban J connectivity index is 1.37. The van der Waals surface area contributed by atoms with Gasteiger partial charge in [0.1, 0.15) is 0 Å². The minimum Gasteiger partial charge on any atom is -0.493 e. The van der Waals surface area contributed by atoms with Gasteiger partial charge in [-0.15, -0.1) is 0 Å². The van der Waals surface area contributed by atoms with Gasteiger partial charge in [-0.1, -0.05) is 13.3 Å². The van der Waals surface area contributed by atoms with Crippen molar-refractivity contribution in [3.63, 3.8) is 0 Å². The second kappa shape index (κ2) is 11.9. The fraction of sp³-hybridized carbons (Fsp3) is 0.500. The van der Waals surface area contributed by atoms with Crippen LogP contribution in [0.3, 0.4) is 0 Å². The lowest BCUT2D eigenvalue weighted by atomic mass is 9.72. The molecule has 3 aliphatic rings. The number of methoxy groups -OCH3 is 4. The SMILES string of the molecule is CC[C@@H]1CN2CCc3cc(OC)c(OC)cc3[C@@H]2C[C@H]1C[C@H]1c2cc(OC)c(OC)cc2CCN1C(=O)c1ccco1. The smallest absolute Gasteiger partial charge is 0.290 e. The first-order chi connectivity index (χ1) is 20.5. The molecule has 42 heavy (non-hydrogen) atoms. The van der Waals surface area contributed by atoms with Gasteiger partial charge in [0.05, 0.1) is 40.7 Å². The number of ether oxygens (including phenoxy) is 4. The Morgan fingerprint density at radius 2 is 1.48 bits per heavy atom. The number of fused-ring (bicyclic) bond motifs is 4. The van der Waals surface area contributed by atoms with Gasteiger partial charge >= 0.3 is 0 Å². The van der Waals surface area contributed by atoms with Crippen LogP contribution in [0.2, 0.25) is 0 Å². The topological polar surface area (TPSA) is 73.6 Å². The number of furan rings is 1. The van der Waals surface area contributed by atoms with Crippen molar-refractivity contribution < 1.29 is 28.2 Å². The molecule has 0 saturated carbocycles. The fourth-order valence-corrected chi connectivity index (χ4v) is 7.61. The number of hydrogen-bond donors (Lipinski definition) is 0. The van der Waals surface area contributed by atoms with Crippen LogP contribution in [0.1, 0.15) is 71.1 Å². The van der Waals surface area contributed by atoms with Crippen LogP contribution in [0.5, 0.6) is 23.0 Å². The van der Waals surface area contributed by atoms with E-state index in [4.69, 9.17) is 23.4 Å². The van der Waals surface area contributed by atoms with E-state index in [0.717, 1.165) is 68.0 Å². The zero-order valence-corrected chi connectivity index (χ0v) is 25.4. The fourth-order valence-electron chi connectivity index (χ4n) is 7.61. The molecule has 1 saturated heterocycles. The van der Waals surface area contributed by atoms with Crippen LogP contribution < -0.4 is 18.9 Å². The van der Waals surface area contributed by atoms with Crippen molar-refractivity contribution in [2.24, 2.45) is 11.8 Å². The van der Waals surface area contributed by atoms with Gasteiger partial charge in [-0.2, -0.15) is 0 Å². The monoisotopic (exact) mass is 574 g/mol. The molecular formula is C34H42N2O6. The van der Waals surface area contributed by atoms with Crippen LogP contribution in [0.4, 0.5) is 0 Å². The maximum absolute atomic E-state index is 13.8. The summed E-state index contributed by atoms with van der Waals surface area (Å²) in [6, 6.07) is 12.3. The summed E-state index contributed by atoms with van der Waals surface area (Å²) in [4.78, 5) is 18.5. The summed E-state index contributed by atoms with van der Waals surface area (Å²) < 4.78 is 28.3. The summed E-state index contributed by atoms with van der Waals surface area (Å²) in [5.41, 5.74) is 5.05. The van der Waals surface area contributed by atoms with Crippen molar-refractivity contribution in [3.8, 4) is 23.0 Å². The first-order valence-electron chi connectivity index (χ1n) is 15.1. The van der Waals surface area contributed by atoms with Crippen molar-refractivity contribution in [3.05, 3.63) is 70.7 Å². The van der Waals surface area contributed by atoms with Crippen molar-refractivity contribution >= 4 is 5.91 Å². The van der Waals surface area contributed by atoms with Crippen LogP contribution >= 0.6 is 0 Å². The molecule has 3 aliphatic heterocycles. The van der Waals surface area contributed by atoms with Gasteiger partial charge in [-0.05, 0) is 96.2 Å². The molecule has 6 rings (SSSR count). The van der Waals surface area contributed by atoms with E-state index >= 15 is 0 Å². The van der Waals surface area contributed by atoms with E-state index < -0.39 is 0 Å². The van der Waals surface area contributed by atoms with Gasteiger partial charge in [-0.3, -0.25) is 9.69 Å². The molecule has 2 aromatic carbocycles. The molecule has 3 aromatic rings. The summed E-state index contributed by atoms with van der Waals surface area (Å²) in [6.45, 7) is 5.03. The molecule has 224 valence electrons. The van der Waals surface area contributed by atoms with Crippen molar-refractivity contribution in [2.45, 2.75) is 51.1 Å². The molecule has 1 amide bonds. The second-order valence-corrected chi connectivity index (χ2v) is 11.7. The van der Waals surface area contributed by atoms with E-state index in [2.05, 4.69) is 36.1 Å². The Labute approximate surface area is 248 Å². The molecule has 0 aliphatic carbocycles.